The minimum Gasteiger partial charge on any atom is -0.358 e. The van der Waals surface area contributed by atoms with E-state index in [4.69, 9.17) is 23.2 Å². The summed E-state index contributed by atoms with van der Waals surface area (Å²) in [5.41, 5.74) is 0. The fourth-order valence-electron chi connectivity index (χ4n) is 1.20. The highest BCUT2D eigenvalue weighted by Gasteiger charge is 2.26. The molecule has 0 spiro atoms. The second kappa shape index (κ2) is 6.04. The molecule has 2 aromatic rings. The SMILES string of the molecule is CC(=O)c1nc([N+](=O)[O-])c(Sc2ncc(Cl)cc2Cl)s1. The Labute approximate surface area is 131 Å². The van der Waals surface area contributed by atoms with Crippen molar-refractivity contribution in [1.29, 1.82) is 0 Å². The molecule has 0 bridgehead atoms. The molecule has 20 heavy (non-hydrogen) atoms. The van der Waals surface area contributed by atoms with E-state index < -0.39 is 4.92 Å². The van der Waals surface area contributed by atoms with Gasteiger partial charge in [-0.1, -0.05) is 34.5 Å². The maximum atomic E-state index is 11.3. The number of halogens is 2. The van der Waals surface area contributed by atoms with Crippen molar-refractivity contribution in [2.24, 2.45) is 0 Å². The zero-order valence-electron chi connectivity index (χ0n) is 9.79. The Hall–Kier alpha value is -1.22. The molecule has 0 fully saturated rings. The summed E-state index contributed by atoms with van der Waals surface area (Å²) < 4.78 is 0.247. The summed E-state index contributed by atoms with van der Waals surface area (Å²) in [6.07, 6.45) is 1.38. The summed E-state index contributed by atoms with van der Waals surface area (Å²) in [4.78, 5) is 29.3. The molecule has 0 saturated carbocycles. The molecule has 2 aromatic heterocycles. The molecule has 10 heteroatoms. The number of ketones is 1. The fourth-order valence-corrected chi connectivity index (χ4v) is 3.64. The molecule has 2 heterocycles. The van der Waals surface area contributed by atoms with Gasteiger partial charge in [-0.05, 0) is 27.7 Å². The van der Waals surface area contributed by atoms with Crippen LogP contribution in [-0.2, 0) is 0 Å². The van der Waals surface area contributed by atoms with Gasteiger partial charge in [0.25, 0.3) is 5.01 Å². The lowest BCUT2D eigenvalue weighted by atomic mass is 10.5. The molecule has 0 amide bonds. The number of nitrogens with zero attached hydrogens (tertiary/aromatic N) is 3. The summed E-state index contributed by atoms with van der Waals surface area (Å²) in [6.45, 7) is 1.30. The second-order valence-corrected chi connectivity index (χ2v) is 6.59. The first-order valence-corrected chi connectivity index (χ1v) is 7.42. The first kappa shape index (κ1) is 15.2. The van der Waals surface area contributed by atoms with Gasteiger partial charge in [0.1, 0.15) is 5.03 Å². The highest BCUT2D eigenvalue weighted by atomic mass is 35.5. The smallest absolute Gasteiger partial charge is 0.358 e. The Morgan fingerprint density at radius 3 is 2.75 bits per heavy atom. The summed E-state index contributed by atoms with van der Waals surface area (Å²) in [5.74, 6) is -0.710. The van der Waals surface area contributed by atoms with Crippen molar-refractivity contribution < 1.29 is 9.72 Å². The van der Waals surface area contributed by atoms with Crippen LogP contribution in [0.25, 0.3) is 0 Å². The lowest BCUT2D eigenvalue weighted by Gasteiger charge is -2.00. The van der Waals surface area contributed by atoms with E-state index in [2.05, 4.69) is 9.97 Å². The van der Waals surface area contributed by atoms with E-state index in [1.165, 1.54) is 19.2 Å². The Morgan fingerprint density at radius 1 is 1.50 bits per heavy atom. The van der Waals surface area contributed by atoms with Gasteiger partial charge in [0.05, 0.1) is 10.0 Å². The molecule has 0 saturated heterocycles. The van der Waals surface area contributed by atoms with Crippen LogP contribution in [0.1, 0.15) is 16.7 Å². The molecular weight excluding hydrogens is 345 g/mol. The highest BCUT2D eigenvalue weighted by Crippen LogP contribution is 2.41. The predicted molar refractivity (Wildman–Crippen MR) is 77.2 cm³/mol. The van der Waals surface area contributed by atoms with Gasteiger partial charge in [-0.3, -0.25) is 4.79 Å². The zero-order valence-corrected chi connectivity index (χ0v) is 12.9. The summed E-state index contributed by atoms with van der Waals surface area (Å²) in [7, 11) is 0. The number of carbonyl (C=O) groups is 1. The van der Waals surface area contributed by atoms with Gasteiger partial charge in [-0.2, -0.15) is 0 Å². The van der Waals surface area contributed by atoms with Crippen LogP contribution in [0.3, 0.4) is 0 Å². The van der Waals surface area contributed by atoms with E-state index in [1.54, 1.807) is 0 Å². The lowest BCUT2D eigenvalue weighted by molar-refractivity contribution is -0.391. The van der Waals surface area contributed by atoms with E-state index in [0.29, 0.717) is 10.0 Å². The number of aromatic nitrogens is 2. The molecular formula is C10H5Cl2N3O3S2. The average molecular weight is 350 g/mol. The molecule has 0 radical (unpaired) electrons. The van der Waals surface area contributed by atoms with Crippen LogP contribution in [0.5, 0.6) is 0 Å². The molecule has 104 valence electrons. The van der Waals surface area contributed by atoms with Crippen LogP contribution in [0.4, 0.5) is 5.82 Å². The first-order valence-electron chi connectivity index (χ1n) is 5.03. The van der Waals surface area contributed by atoms with Gasteiger partial charge in [-0.15, -0.1) is 0 Å². The Morgan fingerprint density at radius 2 is 2.20 bits per heavy atom. The van der Waals surface area contributed by atoms with Gasteiger partial charge >= 0.3 is 5.82 Å². The normalized spacial score (nSPS) is 10.6. The molecule has 0 unspecified atom stereocenters. The summed E-state index contributed by atoms with van der Waals surface area (Å²) >= 11 is 13.6. The summed E-state index contributed by atoms with van der Waals surface area (Å²) in [5, 5.41) is 12.0. The molecule has 0 aromatic carbocycles. The van der Waals surface area contributed by atoms with Crippen molar-refractivity contribution in [2.45, 2.75) is 16.2 Å². The standard InChI is InChI=1S/C10H5Cl2N3O3S2/c1-4(16)8-14-7(15(17)18)10(19-8)20-9-6(12)2-5(11)3-13-9/h2-3H,1H3. The molecule has 0 aliphatic rings. The maximum absolute atomic E-state index is 11.3. The van der Waals surface area contributed by atoms with Crippen LogP contribution in [0.15, 0.2) is 21.5 Å². The minimum atomic E-state index is -0.644. The highest BCUT2D eigenvalue weighted by molar-refractivity contribution is 8.01. The van der Waals surface area contributed by atoms with E-state index in [1.807, 2.05) is 0 Å². The second-order valence-electron chi connectivity index (χ2n) is 3.49. The van der Waals surface area contributed by atoms with E-state index in [-0.39, 0.29) is 25.8 Å². The van der Waals surface area contributed by atoms with E-state index in [9.17, 15) is 14.9 Å². The number of carbonyl (C=O) groups excluding carboxylic acids is 1. The van der Waals surface area contributed by atoms with Crippen molar-refractivity contribution in [1.82, 2.24) is 9.97 Å². The Bertz CT molecular complexity index is 705. The van der Waals surface area contributed by atoms with Crippen LogP contribution in [-0.4, -0.2) is 20.7 Å². The maximum Gasteiger partial charge on any atom is 0.389 e. The molecule has 0 N–H and O–H groups in total. The number of thiazole rings is 1. The number of nitro groups is 1. The monoisotopic (exact) mass is 349 g/mol. The lowest BCUT2D eigenvalue weighted by Crippen LogP contribution is -1.93. The van der Waals surface area contributed by atoms with Gasteiger partial charge < -0.3 is 10.1 Å². The number of pyridine rings is 1. The van der Waals surface area contributed by atoms with E-state index in [0.717, 1.165) is 23.1 Å². The molecule has 0 aliphatic heterocycles. The van der Waals surface area contributed by atoms with Crippen LogP contribution in [0.2, 0.25) is 10.0 Å². The van der Waals surface area contributed by atoms with Gasteiger partial charge in [-0.25, -0.2) is 4.98 Å². The predicted octanol–water partition coefficient (Wildman–Crippen LogP) is 4.11. The van der Waals surface area contributed by atoms with Gasteiger partial charge in [0, 0.05) is 13.1 Å². The topological polar surface area (TPSA) is 86.0 Å². The molecule has 0 aliphatic carbocycles. The average Bonchev–Trinajstić information content (AvgIpc) is 2.77. The number of hydrogen-bond acceptors (Lipinski definition) is 7. The first-order chi connectivity index (χ1) is 9.38. The van der Waals surface area contributed by atoms with Crippen LogP contribution < -0.4 is 0 Å². The van der Waals surface area contributed by atoms with Crippen molar-refractivity contribution in [3.63, 3.8) is 0 Å². The quantitative estimate of drug-likeness (QED) is 0.469. The number of Topliss-reactive ketones (excluding diaryl/α,β-unsaturated/α-hetero) is 1. The van der Waals surface area contributed by atoms with Crippen LogP contribution in [0, 0.1) is 10.1 Å². The Kier molecular flexibility index (Phi) is 4.59. The largest absolute Gasteiger partial charge is 0.389 e. The van der Waals surface area contributed by atoms with Crippen LogP contribution >= 0.6 is 46.3 Å². The third-order valence-corrected chi connectivity index (χ3v) is 4.95. The van der Waals surface area contributed by atoms with Gasteiger partial charge in [0.15, 0.2) is 4.21 Å². The third kappa shape index (κ3) is 3.26. The van der Waals surface area contributed by atoms with Gasteiger partial charge in [0.2, 0.25) is 5.78 Å². The molecule has 2 rings (SSSR count). The Balaban J connectivity index is 2.42. The molecule has 0 atom stereocenters. The molecule has 6 nitrogen and oxygen atoms in total. The van der Waals surface area contributed by atoms with Crippen molar-refractivity contribution in [2.75, 3.05) is 0 Å². The fraction of sp³-hybridized carbons (Fsp3) is 0.100. The summed E-state index contributed by atoms with van der Waals surface area (Å²) in [6, 6.07) is 1.48. The zero-order chi connectivity index (χ0) is 14.9. The van der Waals surface area contributed by atoms with E-state index >= 15 is 0 Å². The number of hydrogen-bond donors (Lipinski definition) is 0. The number of rotatable bonds is 4. The van der Waals surface area contributed by atoms with Crippen molar-refractivity contribution >= 4 is 57.9 Å². The van der Waals surface area contributed by atoms with Crippen molar-refractivity contribution in [3.8, 4) is 0 Å². The minimum absolute atomic E-state index is 0.0734. The van der Waals surface area contributed by atoms with Crippen molar-refractivity contribution in [3.05, 3.63) is 37.4 Å². The third-order valence-electron chi connectivity index (χ3n) is 2.02.